The molecule has 0 amide bonds. The summed E-state index contributed by atoms with van der Waals surface area (Å²) in [4.78, 5) is 8.65. The lowest BCUT2D eigenvalue weighted by Gasteiger charge is -2.23. The molecule has 1 heterocycles. The Kier molecular flexibility index (Phi) is 6.29. The maximum absolute atomic E-state index is 13.3. The van der Waals surface area contributed by atoms with E-state index in [4.69, 9.17) is 0 Å². The van der Waals surface area contributed by atoms with Gasteiger partial charge < -0.3 is 9.88 Å². The van der Waals surface area contributed by atoms with Crippen molar-refractivity contribution >= 4 is 28.3 Å². The zero-order valence-electron chi connectivity index (χ0n) is 15.6. The van der Waals surface area contributed by atoms with Gasteiger partial charge in [0.2, 0.25) is 0 Å². The highest BCUT2D eigenvalue weighted by atomic mass is 32.2. The Labute approximate surface area is 163 Å². The number of nitrogens with one attached hydrogen (secondary N) is 1. The number of benzene rings is 2. The zero-order valence-corrected chi connectivity index (χ0v) is 16.4. The first-order chi connectivity index (χ1) is 13.1. The summed E-state index contributed by atoms with van der Waals surface area (Å²) in [6.07, 6.45) is 7.59. The molecular weight excluding hydrogens is 359 g/mol. The van der Waals surface area contributed by atoms with E-state index in [-0.39, 0.29) is 11.9 Å². The fraction of sp³-hybridized carbons (Fsp3) is 0.238. The molecule has 1 unspecified atom stereocenters. The van der Waals surface area contributed by atoms with Crippen LogP contribution >= 0.6 is 11.8 Å². The standard InChI is InChI=1S/C21H23FN4S/c1-15(2)20(26-12-11-23-14-26)16-7-9-18(10-8-16)24-21(27-3)25-19-6-4-5-17(22)13-19/h4-15,20H,1-3H3,(H,24,25). The van der Waals surface area contributed by atoms with Gasteiger partial charge in [-0.25, -0.2) is 14.4 Å². The molecule has 0 saturated heterocycles. The summed E-state index contributed by atoms with van der Waals surface area (Å²) in [5.74, 6) is 0.148. The molecular formula is C21H23FN4S. The van der Waals surface area contributed by atoms with E-state index in [2.05, 4.69) is 45.8 Å². The third kappa shape index (κ3) is 4.98. The first kappa shape index (κ1) is 19.2. The van der Waals surface area contributed by atoms with Crippen LogP contribution in [0.1, 0.15) is 25.5 Å². The molecule has 27 heavy (non-hydrogen) atoms. The summed E-state index contributed by atoms with van der Waals surface area (Å²) in [7, 11) is 0. The van der Waals surface area contributed by atoms with Crippen molar-refractivity contribution in [3.63, 3.8) is 0 Å². The maximum Gasteiger partial charge on any atom is 0.165 e. The number of rotatable bonds is 5. The van der Waals surface area contributed by atoms with Crippen molar-refractivity contribution in [3.05, 3.63) is 78.6 Å². The van der Waals surface area contributed by atoms with Crippen molar-refractivity contribution in [2.24, 2.45) is 10.9 Å². The van der Waals surface area contributed by atoms with Crippen LogP contribution in [0.5, 0.6) is 0 Å². The van der Waals surface area contributed by atoms with E-state index >= 15 is 0 Å². The molecule has 1 atom stereocenters. The Bertz CT molecular complexity index is 889. The Morgan fingerprint density at radius 1 is 1.19 bits per heavy atom. The number of hydrogen-bond acceptors (Lipinski definition) is 3. The SMILES string of the molecule is CS/C(=N\c1cccc(F)c1)Nc1ccc(C(C(C)C)n2ccnc2)cc1. The van der Waals surface area contributed by atoms with Gasteiger partial charge in [-0.15, -0.1) is 0 Å². The van der Waals surface area contributed by atoms with Gasteiger partial charge in [-0.2, -0.15) is 0 Å². The quantitative estimate of drug-likeness (QED) is 0.453. The van der Waals surface area contributed by atoms with Crippen LogP contribution < -0.4 is 5.32 Å². The minimum Gasteiger partial charge on any atom is -0.335 e. The van der Waals surface area contributed by atoms with Crippen molar-refractivity contribution in [2.45, 2.75) is 19.9 Å². The monoisotopic (exact) mass is 382 g/mol. The van der Waals surface area contributed by atoms with Crippen molar-refractivity contribution in [1.29, 1.82) is 0 Å². The van der Waals surface area contributed by atoms with Gasteiger partial charge in [0.15, 0.2) is 5.17 Å². The Morgan fingerprint density at radius 2 is 1.96 bits per heavy atom. The highest BCUT2D eigenvalue weighted by molar-refractivity contribution is 8.13. The molecule has 0 radical (unpaired) electrons. The average Bonchev–Trinajstić information content (AvgIpc) is 3.16. The Balaban J connectivity index is 1.78. The van der Waals surface area contributed by atoms with E-state index in [0.717, 1.165) is 5.69 Å². The first-order valence-corrected chi connectivity index (χ1v) is 10.0. The fourth-order valence-electron chi connectivity index (χ4n) is 3.01. The van der Waals surface area contributed by atoms with Crippen molar-refractivity contribution in [3.8, 4) is 0 Å². The average molecular weight is 383 g/mol. The van der Waals surface area contributed by atoms with Crippen LogP contribution in [0.2, 0.25) is 0 Å². The number of aliphatic imine (C=N–C) groups is 1. The number of nitrogens with zero attached hydrogens (tertiary/aromatic N) is 3. The van der Waals surface area contributed by atoms with Crippen molar-refractivity contribution < 1.29 is 4.39 Å². The number of halogens is 1. The summed E-state index contributed by atoms with van der Waals surface area (Å²) in [6, 6.07) is 14.8. The molecule has 1 N–H and O–H groups in total. The molecule has 2 aromatic carbocycles. The van der Waals surface area contributed by atoms with Crippen LogP contribution in [0.4, 0.5) is 15.8 Å². The number of amidine groups is 1. The third-order valence-corrected chi connectivity index (χ3v) is 4.79. The zero-order chi connectivity index (χ0) is 19.2. The van der Waals surface area contributed by atoms with Crippen LogP contribution in [-0.2, 0) is 0 Å². The van der Waals surface area contributed by atoms with Gasteiger partial charge in [0, 0.05) is 18.1 Å². The van der Waals surface area contributed by atoms with Gasteiger partial charge >= 0.3 is 0 Å². The van der Waals surface area contributed by atoms with Gasteiger partial charge in [0.1, 0.15) is 5.82 Å². The van der Waals surface area contributed by atoms with Gasteiger partial charge in [-0.3, -0.25) is 0 Å². The summed E-state index contributed by atoms with van der Waals surface area (Å²) in [5, 5.41) is 4.01. The first-order valence-electron chi connectivity index (χ1n) is 8.79. The summed E-state index contributed by atoms with van der Waals surface area (Å²) >= 11 is 1.48. The van der Waals surface area contributed by atoms with Crippen molar-refractivity contribution in [2.75, 3.05) is 11.6 Å². The molecule has 140 valence electrons. The number of aromatic nitrogens is 2. The van der Waals surface area contributed by atoms with Gasteiger partial charge in [-0.1, -0.05) is 43.8 Å². The van der Waals surface area contributed by atoms with Crippen LogP contribution in [0.15, 0.2) is 72.2 Å². The lowest BCUT2D eigenvalue weighted by molar-refractivity contribution is 0.436. The molecule has 0 spiro atoms. The molecule has 6 heteroatoms. The van der Waals surface area contributed by atoms with Crippen LogP contribution in [0.3, 0.4) is 0 Å². The molecule has 0 aliphatic carbocycles. The smallest absolute Gasteiger partial charge is 0.165 e. The van der Waals surface area contributed by atoms with Crippen LogP contribution in [0, 0.1) is 11.7 Å². The van der Waals surface area contributed by atoms with Gasteiger partial charge in [0.25, 0.3) is 0 Å². The number of imidazole rings is 1. The van der Waals surface area contributed by atoms with Gasteiger partial charge in [-0.05, 0) is 48.1 Å². The molecule has 0 fully saturated rings. The lowest BCUT2D eigenvalue weighted by atomic mass is 9.95. The topological polar surface area (TPSA) is 42.2 Å². The minimum absolute atomic E-state index is 0.238. The molecule has 3 rings (SSSR count). The Hall–Kier alpha value is -2.60. The molecule has 3 aromatic rings. The van der Waals surface area contributed by atoms with E-state index < -0.39 is 0 Å². The predicted octanol–water partition coefficient (Wildman–Crippen LogP) is 5.73. The fourth-order valence-corrected chi connectivity index (χ4v) is 3.43. The second-order valence-electron chi connectivity index (χ2n) is 6.55. The second-order valence-corrected chi connectivity index (χ2v) is 7.34. The highest BCUT2D eigenvalue weighted by Crippen LogP contribution is 2.27. The number of thioether (sulfide) groups is 1. The van der Waals surface area contributed by atoms with Gasteiger partial charge in [0.05, 0.1) is 18.1 Å². The third-order valence-electron chi connectivity index (χ3n) is 4.21. The maximum atomic E-state index is 13.3. The van der Waals surface area contributed by atoms with Crippen LogP contribution in [0.25, 0.3) is 0 Å². The molecule has 0 aliphatic rings. The predicted molar refractivity (Wildman–Crippen MR) is 112 cm³/mol. The minimum atomic E-state index is -0.291. The molecule has 1 aromatic heterocycles. The number of hydrogen-bond donors (Lipinski definition) is 1. The van der Waals surface area contributed by atoms with E-state index in [1.807, 2.05) is 30.9 Å². The summed E-state index contributed by atoms with van der Waals surface area (Å²) in [6.45, 7) is 4.41. The normalized spacial score (nSPS) is 13.0. The summed E-state index contributed by atoms with van der Waals surface area (Å²) in [5.41, 5.74) is 2.75. The highest BCUT2D eigenvalue weighted by Gasteiger charge is 2.17. The molecule has 0 bridgehead atoms. The Morgan fingerprint density at radius 3 is 2.56 bits per heavy atom. The van der Waals surface area contributed by atoms with E-state index in [9.17, 15) is 4.39 Å². The molecule has 0 aliphatic heterocycles. The van der Waals surface area contributed by atoms with E-state index in [0.29, 0.717) is 16.8 Å². The van der Waals surface area contributed by atoms with Crippen LogP contribution in [-0.4, -0.2) is 21.0 Å². The van der Waals surface area contributed by atoms with E-state index in [1.165, 1.54) is 29.5 Å². The summed E-state index contributed by atoms with van der Waals surface area (Å²) < 4.78 is 15.5. The lowest BCUT2D eigenvalue weighted by Crippen LogP contribution is -2.15. The largest absolute Gasteiger partial charge is 0.335 e. The molecule has 0 saturated carbocycles. The number of anilines is 1. The van der Waals surface area contributed by atoms with E-state index in [1.54, 1.807) is 18.3 Å². The van der Waals surface area contributed by atoms with Crippen molar-refractivity contribution in [1.82, 2.24) is 9.55 Å². The molecule has 4 nitrogen and oxygen atoms in total. The second kappa shape index (κ2) is 8.86.